The Balaban J connectivity index is 1.57. The molecule has 1 aliphatic heterocycles. The number of hydrogen-bond donors (Lipinski definition) is 1. The third-order valence-corrected chi connectivity index (χ3v) is 4.24. The molecular formula is C18H24N4. The normalized spacial score (nSPS) is 18.5. The fraction of sp³-hybridized carbons (Fsp3) is 0.444. The zero-order valence-corrected chi connectivity index (χ0v) is 13.4. The van der Waals surface area contributed by atoms with Crippen molar-refractivity contribution >= 4 is 5.69 Å². The van der Waals surface area contributed by atoms with Crippen LogP contribution in [0.5, 0.6) is 0 Å². The summed E-state index contributed by atoms with van der Waals surface area (Å²) >= 11 is 0. The molecule has 2 aromatic heterocycles. The van der Waals surface area contributed by atoms with Gasteiger partial charge in [-0.25, -0.2) is 0 Å². The second-order valence-corrected chi connectivity index (χ2v) is 6.13. The molecule has 116 valence electrons. The number of nitrogens with zero attached hydrogens (tertiary/aromatic N) is 3. The maximum Gasteiger partial charge on any atom is 0.0553 e. The smallest absolute Gasteiger partial charge is 0.0553 e. The minimum atomic E-state index is 0.531. The first kappa shape index (κ1) is 15.0. The maximum atomic E-state index is 4.41. The Bertz CT molecular complexity index is 609. The Hall–Kier alpha value is -1.94. The molecule has 0 aromatic carbocycles. The van der Waals surface area contributed by atoms with Crippen molar-refractivity contribution in [1.29, 1.82) is 0 Å². The van der Waals surface area contributed by atoms with E-state index in [1.165, 1.54) is 24.1 Å². The van der Waals surface area contributed by atoms with E-state index in [9.17, 15) is 0 Å². The number of aromatic nitrogens is 2. The van der Waals surface area contributed by atoms with E-state index in [4.69, 9.17) is 0 Å². The van der Waals surface area contributed by atoms with E-state index in [-0.39, 0.29) is 0 Å². The molecule has 1 aliphatic rings. The van der Waals surface area contributed by atoms with Crippen molar-refractivity contribution in [3.63, 3.8) is 0 Å². The summed E-state index contributed by atoms with van der Waals surface area (Å²) in [5, 5.41) is 3.69. The van der Waals surface area contributed by atoms with E-state index in [1.54, 1.807) is 0 Å². The van der Waals surface area contributed by atoms with Crippen LogP contribution < -0.4 is 10.2 Å². The lowest BCUT2D eigenvalue weighted by molar-refractivity contribution is 0.421. The minimum Gasteiger partial charge on any atom is -0.369 e. The van der Waals surface area contributed by atoms with E-state index < -0.39 is 0 Å². The van der Waals surface area contributed by atoms with Crippen molar-refractivity contribution in [3.8, 4) is 0 Å². The molecular weight excluding hydrogens is 272 g/mol. The van der Waals surface area contributed by atoms with Gasteiger partial charge in [0.25, 0.3) is 0 Å². The van der Waals surface area contributed by atoms with E-state index in [2.05, 4.69) is 44.5 Å². The number of nitrogens with one attached hydrogen (secondary N) is 1. The molecule has 1 saturated heterocycles. The second-order valence-electron chi connectivity index (χ2n) is 6.13. The first-order valence-electron chi connectivity index (χ1n) is 8.03. The molecule has 22 heavy (non-hydrogen) atoms. The molecule has 1 atom stereocenters. The van der Waals surface area contributed by atoms with Crippen molar-refractivity contribution in [1.82, 2.24) is 15.3 Å². The highest BCUT2D eigenvalue weighted by Crippen LogP contribution is 2.19. The maximum absolute atomic E-state index is 4.41. The number of aryl methyl sites for hydroxylation is 2. The lowest BCUT2D eigenvalue weighted by Gasteiger charge is -2.34. The highest BCUT2D eigenvalue weighted by atomic mass is 15.2. The predicted molar refractivity (Wildman–Crippen MR) is 90.0 cm³/mol. The summed E-state index contributed by atoms with van der Waals surface area (Å²) in [7, 11) is 0. The van der Waals surface area contributed by atoms with Crippen LogP contribution in [0.1, 0.15) is 29.8 Å². The summed E-state index contributed by atoms with van der Waals surface area (Å²) in [6, 6.07) is 9.04. The van der Waals surface area contributed by atoms with E-state index in [0.29, 0.717) is 6.04 Å². The highest BCUT2D eigenvalue weighted by Gasteiger charge is 2.19. The number of hydrogen-bond acceptors (Lipinski definition) is 4. The molecule has 0 radical (unpaired) electrons. The molecule has 1 N–H and O–H groups in total. The van der Waals surface area contributed by atoms with E-state index in [0.717, 1.165) is 31.0 Å². The van der Waals surface area contributed by atoms with E-state index in [1.807, 2.05) is 26.2 Å². The topological polar surface area (TPSA) is 41.0 Å². The Morgan fingerprint density at radius 3 is 2.86 bits per heavy atom. The summed E-state index contributed by atoms with van der Waals surface area (Å²) in [6.45, 7) is 7.15. The standard InChI is InChI=1S/C18H24N4/c1-14-5-6-18(12-20-14)22-9-3-4-17(13-22)21-11-16-7-8-19-15(2)10-16/h5-8,10,12,17,21H,3-4,9,11,13H2,1-2H3/t17-/m0/s1. The van der Waals surface area contributed by atoms with Crippen LogP contribution in [-0.2, 0) is 6.54 Å². The quantitative estimate of drug-likeness (QED) is 0.942. The Morgan fingerprint density at radius 2 is 2.09 bits per heavy atom. The summed E-state index contributed by atoms with van der Waals surface area (Å²) in [5.74, 6) is 0. The van der Waals surface area contributed by atoms with Gasteiger partial charge in [0.1, 0.15) is 0 Å². The summed E-state index contributed by atoms with van der Waals surface area (Å²) in [5.41, 5.74) is 4.69. The van der Waals surface area contributed by atoms with Crippen molar-refractivity contribution in [2.24, 2.45) is 0 Å². The van der Waals surface area contributed by atoms with Crippen molar-refractivity contribution in [2.45, 2.75) is 39.3 Å². The lowest BCUT2D eigenvalue weighted by Crippen LogP contribution is -2.45. The largest absolute Gasteiger partial charge is 0.369 e. The second kappa shape index (κ2) is 6.88. The lowest BCUT2D eigenvalue weighted by atomic mass is 10.0. The van der Waals surface area contributed by atoms with E-state index >= 15 is 0 Å². The molecule has 1 fully saturated rings. The summed E-state index contributed by atoms with van der Waals surface area (Å²) in [6.07, 6.45) is 6.34. The van der Waals surface area contributed by atoms with Gasteiger partial charge in [-0.1, -0.05) is 0 Å². The number of piperidine rings is 1. The molecule has 0 amide bonds. The van der Waals surface area contributed by atoms with Gasteiger partial charge in [0.2, 0.25) is 0 Å². The van der Waals surface area contributed by atoms with Crippen LogP contribution in [0.2, 0.25) is 0 Å². The zero-order chi connectivity index (χ0) is 15.4. The average Bonchev–Trinajstić information content (AvgIpc) is 2.54. The van der Waals surface area contributed by atoms with Crippen LogP contribution in [0.4, 0.5) is 5.69 Å². The van der Waals surface area contributed by atoms with Crippen molar-refractivity contribution < 1.29 is 0 Å². The molecule has 4 nitrogen and oxygen atoms in total. The first-order valence-corrected chi connectivity index (χ1v) is 8.03. The van der Waals surface area contributed by atoms with Gasteiger partial charge in [0.15, 0.2) is 0 Å². The molecule has 4 heteroatoms. The van der Waals surface area contributed by atoms with Crippen molar-refractivity contribution in [3.05, 3.63) is 53.6 Å². The van der Waals surface area contributed by atoms with Crippen LogP contribution in [-0.4, -0.2) is 29.1 Å². The molecule has 0 spiro atoms. The number of anilines is 1. The van der Waals surface area contributed by atoms with Gasteiger partial charge in [-0.2, -0.15) is 0 Å². The van der Waals surface area contributed by atoms with Gasteiger partial charge in [0.05, 0.1) is 11.9 Å². The van der Waals surface area contributed by atoms with Crippen LogP contribution in [0.3, 0.4) is 0 Å². The molecule has 3 heterocycles. The highest BCUT2D eigenvalue weighted by molar-refractivity contribution is 5.45. The molecule has 3 rings (SSSR count). The Labute approximate surface area is 132 Å². The summed E-state index contributed by atoms with van der Waals surface area (Å²) < 4.78 is 0. The molecule has 0 saturated carbocycles. The van der Waals surface area contributed by atoms with Crippen LogP contribution >= 0.6 is 0 Å². The Morgan fingerprint density at radius 1 is 1.18 bits per heavy atom. The van der Waals surface area contributed by atoms with Gasteiger partial charge in [-0.15, -0.1) is 0 Å². The fourth-order valence-electron chi connectivity index (χ4n) is 3.00. The zero-order valence-electron chi connectivity index (χ0n) is 13.4. The SMILES string of the molecule is Cc1ccc(N2CCC[C@H](NCc3ccnc(C)c3)C2)cn1. The Kier molecular flexibility index (Phi) is 4.68. The van der Waals surface area contributed by atoms with Gasteiger partial charge in [-0.3, -0.25) is 9.97 Å². The summed E-state index contributed by atoms with van der Waals surface area (Å²) in [4.78, 5) is 11.1. The van der Waals surface area contributed by atoms with Gasteiger partial charge < -0.3 is 10.2 Å². The molecule has 0 aliphatic carbocycles. The van der Waals surface area contributed by atoms with Crippen LogP contribution in [0, 0.1) is 13.8 Å². The molecule has 0 unspecified atom stereocenters. The fourth-order valence-corrected chi connectivity index (χ4v) is 3.00. The van der Waals surface area contributed by atoms with Gasteiger partial charge in [-0.05, 0) is 56.5 Å². The van der Waals surface area contributed by atoms with Crippen molar-refractivity contribution in [2.75, 3.05) is 18.0 Å². The predicted octanol–water partition coefficient (Wildman–Crippen LogP) is 2.85. The van der Waals surface area contributed by atoms with Crippen LogP contribution in [0.25, 0.3) is 0 Å². The third kappa shape index (κ3) is 3.83. The number of rotatable bonds is 4. The minimum absolute atomic E-state index is 0.531. The number of pyridine rings is 2. The van der Waals surface area contributed by atoms with Crippen LogP contribution in [0.15, 0.2) is 36.7 Å². The monoisotopic (exact) mass is 296 g/mol. The van der Waals surface area contributed by atoms with Gasteiger partial charge >= 0.3 is 0 Å². The van der Waals surface area contributed by atoms with Gasteiger partial charge in [0, 0.05) is 43.3 Å². The third-order valence-electron chi connectivity index (χ3n) is 4.24. The molecule has 2 aromatic rings. The molecule has 0 bridgehead atoms. The first-order chi connectivity index (χ1) is 10.7. The average molecular weight is 296 g/mol.